The van der Waals surface area contributed by atoms with Gasteiger partial charge in [-0.15, -0.1) is 0 Å². The number of pyridine rings is 1. The van der Waals surface area contributed by atoms with Crippen LogP contribution in [-0.4, -0.2) is 30.8 Å². The van der Waals surface area contributed by atoms with Crippen molar-refractivity contribution in [1.82, 2.24) is 4.98 Å². The van der Waals surface area contributed by atoms with Crippen LogP contribution in [0.5, 0.6) is 0 Å². The second-order valence-electron chi connectivity index (χ2n) is 5.32. The predicted octanol–water partition coefficient (Wildman–Crippen LogP) is 2.69. The molecule has 0 aromatic carbocycles. The third-order valence-corrected chi connectivity index (χ3v) is 3.63. The van der Waals surface area contributed by atoms with Crippen molar-refractivity contribution < 1.29 is 17.9 Å². The third kappa shape index (κ3) is 3.15. The Balaban J connectivity index is 2.31. The molecule has 0 aliphatic carbocycles. The van der Waals surface area contributed by atoms with Crippen molar-refractivity contribution in [3.63, 3.8) is 0 Å². The molecule has 1 aliphatic heterocycles. The SMILES string of the molecule is COC1(C)CCCN(c2cc(C(F)(F)F)cc(N)n2)C1. The molecule has 1 aromatic rings. The van der Waals surface area contributed by atoms with E-state index in [0.29, 0.717) is 13.1 Å². The fraction of sp³-hybridized carbons (Fsp3) is 0.615. The maximum Gasteiger partial charge on any atom is 0.416 e. The van der Waals surface area contributed by atoms with E-state index in [-0.39, 0.29) is 17.2 Å². The Kier molecular flexibility index (Phi) is 3.82. The summed E-state index contributed by atoms with van der Waals surface area (Å²) in [6.45, 7) is 3.08. The predicted molar refractivity (Wildman–Crippen MR) is 70.5 cm³/mol. The summed E-state index contributed by atoms with van der Waals surface area (Å²) in [7, 11) is 1.61. The van der Waals surface area contributed by atoms with Crippen LogP contribution >= 0.6 is 0 Å². The Labute approximate surface area is 115 Å². The molecule has 2 rings (SSSR count). The lowest BCUT2D eigenvalue weighted by Gasteiger charge is -2.40. The molecule has 20 heavy (non-hydrogen) atoms. The van der Waals surface area contributed by atoms with Crippen LogP contribution in [0.2, 0.25) is 0 Å². The number of nitrogens with zero attached hydrogens (tertiary/aromatic N) is 2. The molecule has 0 saturated carbocycles. The highest BCUT2D eigenvalue weighted by Crippen LogP contribution is 2.34. The molecule has 112 valence electrons. The molecule has 1 aliphatic rings. The number of methoxy groups -OCH3 is 1. The molecule has 1 atom stereocenters. The lowest BCUT2D eigenvalue weighted by Crippen LogP contribution is -2.47. The number of aromatic nitrogens is 1. The molecule has 1 fully saturated rings. The highest BCUT2D eigenvalue weighted by Gasteiger charge is 2.34. The summed E-state index contributed by atoms with van der Waals surface area (Å²) in [5, 5.41) is 0. The van der Waals surface area contributed by atoms with Gasteiger partial charge in [0.25, 0.3) is 0 Å². The largest absolute Gasteiger partial charge is 0.416 e. The van der Waals surface area contributed by atoms with Crippen LogP contribution in [-0.2, 0) is 10.9 Å². The maximum absolute atomic E-state index is 12.8. The van der Waals surface area contributed by atoms with Gasteiger partial charge < -0.3 is 15.4 Å². The fourth-order valence-corrected chi connectivity index (χ4v) is 2.43. The van der Waals surface area contributed by atoms with Gasteiger partial charge in [-0.1, -0.05) is 0 Å². The van der Waals surface area contributed by atoms with Crippen LogP contribution in [0.4, 0.5) is 24.8 Å². The quantitative estimate of drug-likeness (QED) is 0.909. The van der Waals surface area contributed by atoms with Crippen LogP contribution in [0.1, 0.15) is 25.3 Å². The van der Waals surface area contributed by atoms with Gasteiger partial charge in [0.05, 0.1) is 11.2 Å². The van der Waals surface area contributed by atoms with Crippen LogP contribution in [0.3, 0.4) is 0 Å². The topological polar surface area (TPSA) is 51.4 Å². The molecule has 4 nitrogen and oxygen atoms in total. The zero-order valence-electron chi connectivity index (χ0n) is 11.5. The average molecular weight is 289 g/mol. The first-order valence-electron chi connectivity index (χ1n) is 6.38. The Hall–Kier alpha value is -1.50. The van der Waals surface area contributed by atoms with Gasteiger partial charge in [0.15, 0.2) is 0 Å². The van der Waals surface area contributed by atoms with Crippen molar-refractivity contribution in [1.29, 1.82) is 0 Å². The first-order chi connectivity index (χ1) is 9.23. The first kappa shape index (κ1) is 14.9. The third-order valence-electron chi connectivity index (χ3n) is 3.63. The van der Waals surface area contributed by atoms with E-state index in [1.54, 1.807) is 12.0 Å². The monoisotopic (exact) mass is 289 g/mol. The standard InChI is InChI=1S/C13H18F3N3O/c1-12(20-2)4-3-5-19(8-12)11-7-9(13(14,15)16)6-10(17)18-11/h6-7H,3-5,8H2,1-2H3,(H2,17,18). The zero-order chi connectivity index (χ0) is 15.0. The Bertz CT molecular complexity index is 492. The van der Waals surface area contributed by atoms with Crippen molar-refractivity contribution in [2.45, 2.75) is 31.5 Å². The van der Waals surface area contributed by atoms with Crippen molar-refractivity contribution in [2.75, 3.05) is 30.8 Å². The Morgan fingerprint density at radius 3 is 2.70 bits per heavy atom. The van der Waals surface area contributed by atoms with E-state index in [1.807, 2.05) is 6.92 Å². The molecule has 1 saturated heterocycles. The van der Waals surface area contributed by atoms with E-state index in [4.69, 9.17) is 10.5 Å². The number of piperidine rings is 1. The smallest absolute Gasteiger partial charge is 0.384 e. The number of hydrogen-bond acceptors (Lipinski definition) is 4. The van der Waals surface area contributed by atoms with Crippen molar-refractivity contribution in [2.24, 2.45) is 0 Å². The lowest BCUT2D eigenvalue weighted by molar-refractivity contribution is -0.137. The number of hydrogen-bond donors (Lipinski definition) is 1. The number of rotatable bonds is 2. The number of halogens is 3. The summed E-state index contributed by atoms with van der Waals surface area (Å²) in [5.74, 6) is 0.125. The molecular weight excluding hydrogens is 271 g/mol. The van der Waals surface area contributed by atoms with Crippen LogP contribution in [0.25, 0.3) is 0 Å². The molecule has 0 amide bonds. The Morgan fingerprint density at radius 2 is 2.10 bits per heavy atom. The fourth-order valence-electron chi connectivity index (χ4n) is 2.43. The second-order valence-corrected chi connectivity index (χ2v) is 5.32. The summed E-state index contributed by atoms with van der Waals surface area (Å²) in [5.41, 5.74) is 4.35. The Morgan fingerprint density at radius 1 is 1.40 bits per heavy atom. The number of ether oxygens (including phenoxy) is 1. The summed E-state index contributed by atoms with van der Waals surface area (Å²) < 4.78 is 43.9. The summed E-state index contributed by atoms with van der Waals surface area (Å²) in [4.78, 5) is 5.81. The van der Waals surface area contributed by atoms with Crippen molar-refractivity contribution >= 4 is 11.6 Å². The number of nitrogen functional groups attached to an aromatic ring is 1. The summed E-state index contributed by atoms with van der Waals surface area (Å²) in [6.07, 6.45) is -2.72. The molecule has 1 unspecified atom stereocenters. The summed E-state index contributed by atoms with van der Waals surface area (Å²) in [6, 6.07) is 1.89. The van der Waals surface area contributed by atoms with Crippen LogP contribution in [0, 0.1) is 0 Å². The number of nitrogens with two attached hydrogens (primary N) is 1. The minimum atomic E-state index is -4.42. The molecule has 0 bridgehead atoms. The van der Waals surface area contributed by atoms with Gasteiger partial charge in [0.1, 0.15) is 11.6 Å². The van der Waals surface area contributed by atoms with Gasteiger partial charge in [0, 0.05) is 20.2 Å². The molecular formula is C13H18F3N3O. The van der Waals surface area contributed by atoms with Crippen molar-refractivity contribution in [3.05, 3.63) is 17.7 Å². The minimum Gasteiger partial charge on any atom is -0.384 e. The lowest BCUT2D eigenvalue weighted by atomic mass is 9.94. The van der Waals surface area contributed by atoms with E-state index in [0.717, 1.165) is 25.0 Å². The minimum absolute atomic E-state index is 0.125. The molecule has 0 radical (unpaired) electrons. The molecule has 2 N–H and O–H groups in total. The second kappa shape index (κ2) is 5.12. The van der Waals surface area contributed by atoms with E-state index in [9.17, 15) is 13.2 Å². The normalized spacial score (nSPS) is 23.9. The van der Waals surface area contributed by atoms with Gasteiger partial charge >= 0.3 is 6.18 Å². The van der Waals surface area contributed by atoms with E-state index < -0.39 is 11.7 Å². The van der Waals surface area contributed by atoms with Gasteiger partial charge in [-0.05, 0) is 31.9 Å². The highest BCUT2D eigenvalue weighted by molar-refractivity contribution is 5.50. The highest BCUT2D eigenvalue weighted by atomic mass is 19.4. The number of anilines is 2. The first-order valence-corrected chi connectivity index (χ1v) is 6.38. The van der Waals surface area contributed by atoms with E-state index >= 15 is 0 Å². The molecule has 1 aromatic heterocycles. The van der Waals surface area contributed by atoms with E-state index in [2.05, 4.69) is 4.98 Å². The van der Waals surface area contributed by atoms with Gasteiger partial charge in [-0.25, -0.2) is 4.98 Å². The van der Waals surface area contributed by atoms with Crippen LogP contribution < -0.4 is 10.6 Å². The van der Waals surface area contributed by atoms with Gasteiger partial charge in [0.2, 0.25) is 0 Å². The maximum atomic E-state index is 12.8. The molecule has 0 spiro atoms. The number of alkyl halides is 3. The van der Waals surface area contributed by atoms with Crippen LogP contribution in [0.15, 0.2) is 12.1 Å². The molecule has 7 heteroatoms. The molecule has 2 heterocycles. The van der Waals surface area contributed by atoms with Gasteiger partial charge in [-0.3, -0.25) is 0 Å². The zero-order valence-corrected chi connectivity index (χ0v) is 11.5. The summed E-state index contributed by atoms with van der Waals surface area (Å²) >= 11 is 0. The van der Waals surface area contributed by atoms with E-state index in [1.165, 1.54) is 0 Å². The average Bonchev–Trinajstić information content (AvgIpc) is 2.37. The van der Waals surface area contributed by atoms with Crippen molar-refractivity contribution in [3.8, 4) is 0 Å². The van der Waals surface area contributed by atoms with Gasteiger partial charge in [-0.2, -0.15) is 13.2 Å².